The van der Waals surface area contributed by atoms with Gasteiger partial charge in [0.15, 0.2) is 0 Å². The molecule has 2 heterocycles. The highest BCUT2D eigenvalue weighted by molar-refractivity contribution is 7.18. The lowest BCUT2D eigenvalue weighted by molar-refractivity contribution is -0.138. The van der Waals surface area contributed by atoms with Crippen LogP contribution in [0.4, 0.5) is 0 Å². The van der Waals surface area contributed by atoms with E-state index >= 15 is 0 Å². The number of nitrogens with zero attached hydrogens (tertiary/aromatic N) is 2. The van der Waals surface area contributed by atoms with Gasteiger partial charge < -0.3 is 5.11 Å². The number of rotatable bonds is 3. The summed E-state index contributed by atoms with van der Waals surface area (Å²) in [5.41, 5.74) is 0.513. The van der Waals surface area contributed by atoms with Gasteiger partial charge in [0, 0.05) is 11.4 Å². The van der Waals surface area contributed by atoms with Crippen molar-refractivity contribution < 1.29 is 9.90 Å². The topological polar surface area (TPSA) is 72.2 Å². The van der Waals surface area contributed by atoms with Crippen molar-refractivity contribution in [2.75, 3.05) is 0 Å². The van der Waals surface area contributed by atoms with Gasteiger partial charge in [0.05, 0.1) is 17.6 Å². The Labute approximate surface area is 112 Å². The largest absolute Gasteiger partial charge is 0.481 e. The Morgan fingerprint density at radius 1 is 1.68 bits per heavy atom. The van der Waals surface area contributed by atoms with Crippen LogP contribution >= 0.6 is 11.3 Å². The smallest absolute Gasteiger partial charge is 0.311 e. The molecule has 2 aromatic rings. The summed E-state index contributed by atoms with van der Waals surface area (Å²) in [7, 11) is 0. The minimum atomic E-state index is -0.864. The fraction of sp³-hybridized carbons (Fsp3) is 0.308. The molecule has 1 N–H and O–H groups in total. The number of fused-ring (bicyclic) bond motifs is 3. The van der Waals surface area contributed by atoms with Crippen molar-refractivity contribution >= 4 is 27.5 Å². The fourth-order valence-electron chi connectivity index (χ4n) is 2.58. The summed E-state index contributed by atoms with van der Waals surface area (Å²) in [5, 5.41) is 9.74. The average molecular weight is 276 g/mol. The first kappa shape index (κ1) is 12.1. The van der Waals surface area contributed by atoms with Crippen molar-refractivity contribution in [3.63, 3.8) is 0 Å². The molecule has 5 nitrogen and oxygen atoms in total. The number of carbonyl (C=O) groups is 1. The van der Waals surface area contributed by atoms with E-state index in [0.29, 0.717) is 35.2 Å². The van der Waals surface area contributed by atoms with Crippen LogP contribution in [-0.4, -0.2) is 20.6 Å². The molecule has 1 unspecified atom stereocenters. The minimum Gasteiger partial charge on any atom is -0.481 e. The maximum Gasteiger partial charge on any atom is 0.311 e. The van der Waals surface area contributed by atoms with Gasteiger partial charge in [0.1, 0.15) is 4.83 Å². The van der Waals surface area contributed by atoms with Gasteiger partial charge in [-0.1, -0.05) is 6.08 Å². The highest BCUT2D eigenvalue weighted by Gasteiger charge is 2.34. The molecule has 0 saturated carbocycles. The molecule has 0 aromatic carbocycles. The van der Waals surface area contributed by atoms with E-state index in [4.69, 9.17) is 0 Å². The van der Waals surface area contributed by atoms with Gasteiger partial charge in [-0.3, -0.25) is 14.2 Å². The molecule has 1 aliphatic rings. The summed E-state index contributed by atoms with van der Waals surface area (Å²) in [6.45, 7) is 3.98. The average Bonchev–Trinajstić information content (AvgIpc) is 2.90. The monoisotopic (exact) mass is 276 g/mol. The van der Waals surface area contributed by atoms with Crippen LogP contribution in [-0.2, 0) is 17.8 Å². The molecular weight excluding hydrogens is 264 g/mol. The number of allylic oxidation sites excluding steroid dienone is 1. The molecule has 0 amide bonds. The Hall–Kier alpha value is -1.95. The Kier molecular flexibility index (Phi) is 2.74. The number of aliphatic carboxylic acids is 1. The number of aryl methyl sites for hydroxylation is 1. The Bertz CT molecular complexity index is 744. The van der Waals surface area contributed by atoms with E-state index in [2.05, 4.69) is 11.6 Å². The quantitative estimate of drug-likeness (QED) is 0.867. The third-order valence-electron chi connectivity index (χ3n) is 3.43. The van der Waals surface area contributed by atoms with Crippen molar-refractivity contribution in [1.29, 1.82) is 0 Å². The molecule has 2 aromatic heterocycles. The fourth-order valence-corrected chi connectivity index (χ4v) is 3.79. The summed E-state index contributed by atoms with van der Waals surface area (Å²) >= 11 is 1.43. The zero-order valence-corrected chi connectivity index (χ0v) is 10.9. The summed E-state index contributed by atoms with van der Waals surface area (Å²) < 4.78 is 1.46. The van der Waals surface area contributed by atoms with Gasteiger partial charge in [0.2, 0.25) is 0 Å². The second-order valence-electron chi connectivity index (χ2n) is 4.54. The van der Waals surface area contributed by atoms with E-state index in [1.54, 1.807) is 6.08 Å². The molecular formula is C13H12N2O3S. The van der Waals surface area contributed by atoms with Gasteiger partial charge >= 0.3 is 5.97 Å². The maximum atomic E-state index is 12.4. The number of aromatic nitrogens is 2. The van der Waals surface area contributed by atoms with Crippen molar-refractivity contribution in [3.8, 4) is 0 Å². The normalized spacial score (nSPS) is 17.6. The summed E-state index contributed by atoms with van der Waals surface area (Å²) in [4.78, 5) is 29.6. The number of hydrogen-bond acceptors (Lipinski definition) is 4. The lowest BCUT2D eigenvalue weighted by Crippen LogP contribution is -2.21. The van der Waals surface area contributed by atoms with Crippen LogP contribution < -0.4 is 5.56 Å². The van der Waals surface area contributed by atoms with Gasteiger partial charge in [-0.2, -0.15) is 0 Å². The lowest BCUT2D eigenvalue weighted by Gasteiger charge is -2.06. The van der Waals surface area contributed by atoms with Crippen LogP contribution in [0.2, 0.25) is 0 Å². The Balaban J connectivity index is 2.31. The molecule has 1 atom stereocenters. The molecule has 0 saturated heterocycles. The summed E-state index contributed by atoms with van der Waals surface area (Å²) in [6, 6.07) is 0. The molecule has 0 aliphatic heterocycles. The molecule has 1 aliphatic carbocycles. The van der Waals surface area contributed by atoms with Crippen LogP contribution in [0.25, 0.3) is 10.2 Å². The second kappa shape index (κ2) is 4.31. The first-order valence-corrected chi connectivity index (χ1v) is 6.79. The van der Waals surface area contributed by atoms with Gasteiger partial charge in [-0.15, -0.1) is 17.9 Å². The van der Waals surface area contributed by atoms with Crippen molar-refractivity contribution in [3.05, 3.63) is 39.8 Å². The highest BCUT2D eigenvalue weighted by Crippen LogP contribution is 2.41. The van der Waals surface area contributed by atoms with Gasteiger partial charge in [-0.05, 0) is 18.4 Å². The number of carboxylic acids is 1. The van der Waals surface area contributed by atoms with E-state index in [9.17, 15) is 14.7 Å². The molecule has 3 rings (SSSR count). The van der Waals surface area contributed by atoms with E-state index in [1.165, 1.54) is 22.2 Å². The Morgan fingerprint density at radius 2 is 2.47 bits per heavy atom. The Morgan fingerprint density at radius 3 is 3.16 bits per heavy atom. The molecule has 0 radical (unpaired) electrons. The first-order valence-electron chi connectivity index (χ1n) is 5.98. The van der Waals surface area contributed by atoms with Gasteiger partial charge in [0.25, 0.3) is 5.56 Å². The zero-order valence-electron chi connectivity index (χ0n) is 10.1. The van der Waals surface area contributed by atoms with Crippen molar-refractivity contribution in [2.45, 2.75) is 25.3 Å². The van der Waals surface area contributed by atoms with E-state index in [-0.39, 0.29) is 5.56 Å². The third-order valence-corrected chi connectivity index (χ3v) is 4.60. The third kappa shape index (κ3) is 1.71. The van der Waals surface area contributed by atoms with Gasteiger partial charge in [-0.25, -0.2) is 4.98 Å². The number of hydrogen-bond donors (Lipinski definition) is 1. The number of carboxylic acid groups (broad SMARTS) is 1. The van der Waals surface area contributed by atoms with Crippen LogP contribution in [0.5, 0.6) is 0 Å². The zero-order chi connectivity index (χ0) is 13.6. The van der Waals surface area contributed by atoms with E-state index in [1.807, 2.05) is 0 Å². The van der Waals surface area contributed by atoms with Crippen LogP contribution in [0.15, 0.2) is 23.8 Å². The van der Waals surface area contributed by atoms with E-state index < -0.39 is 11.9 Å². The molecule has 0 bridgehead atoms. The number of thiophene rings is 1. The molecule has 0 spiro atoms. The predicted octanol–water partition coefficient (Wildman–Crippen LogP) is 1.76. The second-order valence-corrected chi connectivity index (χ2v) is 5.62. The van der Waals surface area contributed by atoms with Crippen LogP contribution in [0.3, 0.4) is 0 Å². The molecule has 0 fully saturated rings. The maximum absolute atomic E-state index is 12.4. The molecule has 19 heavy (non-hydrogen) atoms. The van der Waals surface area contributed by atoms with Crippen molar-refractivity contribution in [2.24, 2.45) is 0 Å². The van der Waals surface area contributed by atoms with Crippen LogP contribution in [0.1, 0.15) is 22.8 Å². The molecule has 98 valence electrons. The highest BCUT2D eigenvalue weighted by atomic mass is 32.1. The van der Waals surface area contributed by atoms with Crippen LogP contribution in [0, 0.1) is 0 Å². The SMILES string of the molecule is C=CCn1cnc2sc3c(c2c1=O)C(C(=O)O)CC3. The molecule has 6 heteroatoms. The standard InChI is InChI=1S/C13H12N2O3S/c1-2-5-15-6-14-11-10(12(15)16)9-7(13(17)18)3-4-8(9)19-11/h2,6-7H,1,3-5H2,(H,17,18). The van der Waals surface area contributed by atoms with E-state index in [0.717, 1.165) is 4.88 Å². The van der Waals surface area contributed by atoms with Crippen molar-refractivity contribution in [1.82, 2.24) is 9.55 Å². The lowest BCUT2D eigenvalue weighted by atomic mass is 10.0. The summed E-state index contributed by atoms with van der Waals surface area (Å²) in [5.74, 6) is -1.44. The minimum absolute atomic E-state index is 0.171. The summed E-state index contributed by atoms with van der Waals surface area (Å²) in [6.07, 6.45) is 4.40. The predicted molar refractivity (Wildman–Crippen MR) is 72.8 cm³/mol. The first-order chi connectivity index (χ1) is 9.13.